The second-order valence-corrected chi connectivity index (χ2v) is 10.3. The third-order valence-electron chi connectivity index (χ3n) is 7.92. The van der Waals surface area contributed by atoms with Gasteiger partial charge in [0.2, 0.25) is 11.8 Å². The summed E-state index contributed by atoms with van der Waals surface area (Å²) in [5.41, 5.74) is 3.27. The molecule has 0 unspecified atom stereocenters. The Labute approximate surface area is 224 Å². The van der Waals surface area contributed by atoms with Crippen LogP contribution in [0.15, 0.2) is 60.7 Å². The Hall–Kier alpha value is -3.45. The quantitative estimate of drug-likeness (QED) is 0.374. The maximum absolute atomic E-state index is 14.3. The van der Waals surface area contributed by atoms with Gasteiger partial charge in [-0.2, -0.15) is 0 Å². The van der Waals surface area contributed by atoms with Crippen molar-refractivity contribution < 1.29 is 24.2 Å². The fourth-order valence-corrected chi connectivity index (χ4v) is 6.19. The molecule has 7 heteroatoms. The van der Waals surface area contributed by atoms with Gasteiger partial charge in [-0.25, -0.2) is 0 Å². The molecule has 7 nitrogen and oxygen atoms in total. The lowest BCUT2D eigenvalue weighted by Crippen LogP contribution is -2.47. The van der Waals surface area contributed by atoms with Crippen LogP contribution in [-0.4, -0.2) is 47.0 Å². The number of hydrogen-bond acceptors (Lipinski definition) is 5. The first-order valence-corrected chi connectivity index (χ1v) is 13.5. The molecule has 0 spiro atoms. The second kappa shape index (κ2) is 11.9. The van der Waals surface area contributed by atoms with Crippen molar-refractivity contribution >= 4 is 23.5 Å². The molecule has 2 N–H and O–H groups in total. The van der Waals surface area contributed by atoms with Crippen molar-refractivity contribution in [1.29, 1.82) is 0 Å². The molecule has 0 bridgehead atoms. The number of aryl methyl sites for hydroxylation is 2. The number of anilines is 1. The molecule has 2 amide bonds. The van der Waals surface area contributed by atoms with Crippen LogP contribution >= 0.6 is 0 Å². The minimum Gasteiger partial charge on any atom is -0.466 e. The number of ether oxygens (including phenoxy) is 1. The monoisotopic (exact) mass is 518 g/mol. The van der Waals surface area contributed by atoms with E-state index in [-0.39, 0.29) is 30.9 Å². The van der Waals surface area contributed by atoms with Gasteiger partial charge in [0.05, 0.1) is 31.1 Å². The molecule has 0 saturated carbocycles. The molecule has 0 aromatic heterocycles. The van der Waals surface area contributed by atoms with Crippen molar-refractivity contribution in [3.8, 4) is 0 Å². The zero-order valence-corrected chi connectivity index (χ0v) is 22.6. The summed E-state index contributed by atoms with van der Waals surface area (Å²) in [5, 5.41) is 13.6. The Morgan fingerprint density at radius 2 is 1.71 bits per heavy atom. The molecule has 1 aliphatic carbocycles. The van der Waals surface area contributed by atoms with Crippen LogP contribution in [0.5, 0.6) is 0 Å². The molecule has 2 aromatic carbocycles. The van der Waals surface area contributed by atoms with Crippen LogP contribution < -0.4 is 5.32 Å². The van der Waals surface area contributed by atoms with Crippen molar-refractivity contribution in [2.75, 3.05) is 18.5 Å². The second-order valence-electron chi connectivity index (χ2n) is 10.3. The number of nitrogens with one attached hydrogen (secondary N) is 1. The smallest absolute Gasteiger partial charge is 0.310 e. The third kappa shape index (κ3) is 5.12. The van der Waals surface area contributed by atoms with Crippen molar-refractivity contribution in [1.82, 2.24) is 4.90 Å². The molecule has 0 radical (unpaired) electrons. The molecule has 202 valence electrons. The topological polar surface area (TPSA) is 95.9 Å². The minimum atomic E-state index is -0.903. The number of para-hydroxylation sites is 1. The lowest BCUT2D eigenvalue weighted by Gasteiger charge is -2.34. The average molecular weight is 519 g/mol. The highest BCUT2D eigenvalue weighted by Gasteiger charge is 2.59. The largest absolute Gasteiger partial charge is 0.466 e. The maximum Gasteiger partial charge on any atom is 0.310 e. The Morgan fingerprint density at radius 1 is 1.03 bits per heavy atom. The molecule has 4 rings (SSSR count). The number of fused-ring (bicyclic) bond motifs is 1. The van der Waals surface area contributed by atoms with Gasteiger partial charge in [0.15, 0.2) is 0 Å². The normalized spacial score (nSPS) is 25.1. The molecule has 38 heavy (non-hydrogen) atoms. The van der Waals surface area contributed by atoms with E-state index in [9.17, 15) is 19.5 Å². The molecule has 1 aliphatic heterocycles. The number of aliphatic hydroxyl groups is 1. The summed E-state index contributed by atoms with van der Waals surface area (Å²) < 4.78 is 5.45. The van der Waals surface area contributed by atoms with Gasteiger partial charge >= 0.3 is 5.97 Å². The van der Waals surface area contributed by atoms with Crippen LogP contribution in [0.2, 0.25) is 0 Å². The number of amides is 2. The molecule has 2 aliphatic rings. The number of aliphatic hydroxyl groups excluding tert-OH is 1. The first-order chi connectivity index (χ1) is 18.3. The van der Waals surface area contributed by atoms with E-state index in [2.05, 4.69) is 5.32 Å². The fraction of sp³-hybridized carbons (Fsp3) is 0.452. The number of esters is 1. The van der Waals surface area contributed by atoms with Gasteiger partial charge in [0, 0.05) is 11.6 Å². The van der Waals surface area contributed by atoms with Gasteiger partial charge < -0.3 is 20.1 Å². The zero-order chi connectivity index (χ0) is 27.4. The van der Waals surface area contributed by atoms with Gasteiger partial charge in [-0.15, -0.1) is 0 Å². The summed E-state index contributed by atoms with van der Waals surface area (Å²) in [6.45, 7) is 7.51. The summed E-state index contributed by atoms with van der Waals surface area (Å²) in [5.74, 6) is -3.17. The number of rotatable bonds is 9. The van der Waals surface area contributed by atoms with E-state index >= 15 is 0 Å². The number of benzene rings is 2. The average Bonchev–Trinajstić information content (AvgIpc) is 3.20. The molecular weight excluding hydrogens is 480 g/mol. The lowest BCUT2D eigenvalue weighted by molar-refractivity contribution is -0.156. The maximum atomic E-state index is 14.3. The molecule has 2 aromatic rings. The van der Waals surface area contributed by atoms with E-state index in [1.807, 2.05) is 81.5 Å². The van der Waals surface area contributed by atoms with E-state index in [4.69, 9.17) is 4.74 Å². The molecule has 1 fully saturated rings. The lowest BCUT2D eigenvalue weighted by atomic mass is 9.69. The van der Waals surface area contributed by atoms with Crippen molar-refractivity contribution in [3.63, 3.8) is 0 Å². The predicted molar refractivity (Wildman–Crippen MR) is 146 cm³/mol. The number of carbonyl (C=O) groups excluding carboxylic acids is 3. The van der Waals surface area contributed by atoms with E-state index in [1.54, 1.807) is 6.92 Å². The Kier molecular flexibility index (Phi) is 8.67. The van der Waals surface area contributed by atoms with Gasteiger partial charge in [0.1, 0.15) is 6.04 Å². The Bertz CT molecular complexity index is 1170. The number of nitrogens with zero attached hydrogens (tertiary/aromatic N) is 1. The van der Waals surface area contributed by atoms with Crippen LogP contribution in [0.4, 0.5) is 5.69 Å². The van der Waals surface area contributed by atoms with E-state index in [0.717, 1.165) is 29.5 Å². The van der Waals surface area contributed by atoms with Crippen molar-refractivity contribution in [2.45, 2.75) is 52.6 Å². The van der Waals surface area contributed by atoms with E-state index in [1.165, 1.54) is 4.90 Å². The van der Waals surface area contributed by atoms with Gasteiger partial charge in [-0.1, -0.05) is 74.0 Å². The highest BCUT2D eigenvalue weighted by atomic mass is 16.5. The highest BCUT2D eigenvalue weighted by molar-refractivity contribution is 6.02. The van der Waals surface area contributed by atoms with E-state index in [0.29, 0.717) is 5.69 Å². The van der Waals surface area contributed by atoms with Crippen LogP contribution in [-0.2, 0) is 19.1 Å². The summed E-state index contributed by atoms with van der Waals surface area (Å²) in [7, 11) is 0. The van der Waals surface area contributed by atoms with Crippen LogP contribution in [0.25, 0.3) is 0 Å². The van der Waals surface area contributed by atoms with Crippen LogP contribution in [0.1, 0.15) is 49.4 Å². The molecule has 6 atom stereocenters. The summed E-state index contributed by atoms with van der Waals surface area (Å²) in [4.78, 5) is 43.1. The molecule has 1 heterocycles. The van der Waals surface area contributed by atoms with Gasteiger partial charge in [-0.3, -0.25) is 14.4 Å². The summed E-state index contributed by atoms with van der Waals surface area (Å²) in [6.07, 6.45) is 5.50. The third-order valence-corrected chi connectivity index (χ3v) is 7.92. The van der Waals surface area contributed by atoms with Gasteiger partial charge in [-0.05, 0) is 49.8 Å². The Morgan fingerprint density at radius 3 is 2.32 bits per heavy atom. The number of likely N-dealkylation sites (tertiary alicyclic amines) is 1. The highest BCUT2D eigenvalue weighted by Crippen LogP contribution is 2.48. The Balaban J connectivity index is 1.82. The first-order valence-electron chi connectivity index (χ1n) is 13.5. The number of hydrogen-bond donors (Lipinski definition) is 2. The van der Waals surface area contributed by atoms with Crippen molar-refractivity contribution in [2.24, 2.45) is 23.7 Å². The fourth-order valence-electron chi connectivity index (χ4n) is 6.19. The number of allylic oxidation sites excluding steroid dienone is 1. The first kappa shape index (κ1) is 27.6. The van der Waals surface area contributed by atoms with Crippen LogP contribution in [0.3, 0.4) is 0 Å². The molecular formula is C31H38N2O5. The summed E-state index contributed by atoms with van der Waals surface area (Å²) in [6, 6.07) is 13.4. The van der Waals surface area contributed by atoms with E-state index < -0.39 is 35.8 Å². The van der Waals surface area contributed by atoms with Crippen molar-refractivity contribution in [3.05, 3.63) is 77.4 Å². The predicted octanol–water partition coefficient (Wildman–Crippen LogP) is 4.58. The summed E-state index contributed by atoms with van der Waals surface area (Å²) >= 11 is 0. The molecule has 1 saturated heterocycles. The zero-order valence-electron chi connectivity index (χ0n) is 22.6. The van der Waals surface area contributed by atoms with Gasteiger partial charge in [0.25, 0.3) is 0 Å². The SMILES string of the molecule is CCC[C@@H]1C=C[C@H]2[C@@H](C(=O)N([C@H](CO)c3ccccc3)[C@@H]2C(=O)Nc2c(C)cccc2C)[C@@H]1C(=O)OCC. The van der Waals surface area contributed by atoms with Crippen LogP contribution in [0, 0.1) is 37.5 Å². The minimum absolute atomic E-state index is 0.157. The standard InChI is InChI=1S/C31H38N2O5/c1-5-11-22-16-17-23-26(25(22)31(37)38-6-2)30(36)33(24(18-34)21-14-8-7-9-15-21)28(23)29(35)32-27-19(3)12-10-13-20(27)4/h7-10,12-17,22-26,28,34H,5-6,11,18H2,1-4H3,(H,32,35)/t22-,23+,24-,25-,26-,28+/m1/s1. The number of carbonyl (C=O) groups is 3.